The molecule has 1 aliphatic carbocycles. The fraction of sp³-hybridized carbons (Fsp3) is 0.450. The summed E-state index contributed by atoms with van der Waals surface area (Å²) in [6.07, 6.45) is 2.51. The predicted molar refractivity (Wildman–Crippen MR) is 106 cm³/mol. The number of pyridine rings is 1. The monoisotopic (exact) mass is 405 g/mol. The van der Waals surface area contributed by atoms with Crippen LogP contribution in [0.3, 0.4) is 0 Å². The minimum Gasteiger partial charge on any atom is -0.477 e. The maximum atomic E-state index is 14.5. The molecule has 3 rings (SSSR count). The zero-order chi connectivity index (χ0) is 21.3. The average molecular weight is 405 g/mol. The van der Waals surface area contributed by atoms with Crippen molar-refractivity contribution >= 4 is 28.7 Å². The molecule has 1 fully saturated rings. The summed E-state index contributed by atoms with van der Waals surface area (Å²) in [5, 5.41) is 14.8. The Labute approximate surface area is 166 Å². The normalized spacial score (nSPS) is 13.9. The Kier molecular flexibility index (Phi) is 5.50. The van der Waals surface area contributed by atoms with Gasteiger partial charge in [0.25, 0.3) is 0 Å². The summed E-state index contributed by atoms with van der Waals surface area (Å²) in [7, 11) is 0. The minimum atomic E-state index is -1.33. The fourth-order valence-electron chi connectivity index (χ4n) is 2.99. The molecule has 0 atom stereocenters. The van der Waals surface area contributed by atoms with Crippen molar-refractivity contribution < 1.29 is 23.8 Å². The van der Waals surface area contributed by atoms with E-state index < -0.39 is 28.9 Å². The second-order valence-corrected chi connectivity index (χ2v) is 8.02. The van der Waals surface area contributed by atoms with Gasteiger partial charge in [-0.3, -0.25) is 4.79 Å². The lowest BCUT2D eigenvalue weighted by Gasteiger charge is -2.20. The van der Waals surface area contributed by atoms with E-state index in [-0.39, 0.29) is 35.8 Å². The van der Waals surface area contributed by atoms with Gasteiger partial charge >= 0.3 is 12.1 Å². The summed E-state index contributed by atoms with van der Waals surface area (Å²) in [4.78, 5) is 35.4. The first kappa shape index (κ1) is 20.6. The summed E-state index contributed by atoms with van der Waals surface area (Å²) in [6, 6.07) is 2.67. The van der Waals surface area contributed by atoms with Crippen molar-refractivity contribution in [2.24, 2.45) is 0 Å². The molecule has 0 aliphatic heterocycles. The van der Waals surface area contributed by atoms with Gasteiger partial charge in [-0.05, 0) is 45.7 Å². The van der Waals surface area contributed by atoms with E-state index >= 15 is 0 Å². The van der Waals surface area contributed by atoms with Gasteiger partial charge in [0.05, 0.1) is 11.2 Å². The molecule has 29 heavy (non-hydrogen) atoms. The molecule has 8 nitrogen and oxygen atoms in total. The summed E-state index contributed by atoms with van der Waals surface area (Å²) >= 11 is 0. The molecule has 1 aromatic carbocycles. The van der Waals surface area contributed by atoms with Crippen LogP contribution in [0.4, 0.5) is 14.9 Å². The molecule has 2 aromatic rings. The summed E-state index contributed by atoms with van der Waals surface area (Å²) in [6.45, 7) is 5.71. The molecule has 0 radical (unpaired) electrons. The number of anilines is 1. The molecule has 1 amide bonds. The van der Waals surface area contributed by atoms with E-state index in [1.807, 2.05) is 0 Å². The van der Waals surface area contributed by atoms with Crippen molar-refractivity contribution in [3.05, 3.63) is 39.9 Å². The molecular formula is C20H24FN3O5. The number of aromatic carboxylic acids is 1. The lowest BCUT2D eigenvalue weighted by atomic mass is 10.1. The van der Waals surface area contributed by atoms with Gasteiger partial charge < -0.3 is 25.0 Å². The number of halogens is 1. The van der Waals surface area contributed by atoms with Crippen LogP contribution in [0.2, 0.25) is 0 Å². The van der Waals surface area contributed by atoms with Crippen LogP contribution in [0.25, 0.3) is 10.9 Å². The summed E-state index contributed by atoms with van der Waals surface area (Å²) in [5.74, 6) is -2.00. The number of nitrogens with zero attached hydrogens (tertiary/aromatic N) is 1. The van der Waals surface area contributed by atoms with Crippen LogP contribution in [0, 0.1) is 5.82 Å². The molecule has 1 heterocycles. The van der Waals surface area contributed by atoms with Crippen LogP contribution < -0.4 is 16.1 Å². The van der Waals surface area contributed by atoms with Gasteiger partial charge in [-0.25, -0.2) is 14.0 Å². The molecule has 0 saturated heterocycles. The second-order valence-electron chi connectivity index (χ2n) is 8.02. The lowest BCUT2D eigenvalue weighted by Crippen LogP contribution is -2.35. The summed E-state index contributed by atoms with van der Waals surface area (Å²) < 4.78 is 21.4. The van der Waals surface area contributed by atoms with E-state index in [1.165, 1.54) is 12.3 Å². The first-order chi connectivity index (χ1) is 13.6. The van der Waals surface area contributed by atoms with Crippen LogP contribution in [-0.2, 0) is 4.74 Å². The molecule has 9 heteroatoms. The highest BCUT2D eigenvalue weighted by molar-refractivity contribution is 5.93. The number of carboxylic acids is 1. The minimum absolute atomic E-state index is 0.0340. The maximum Gasteiger partial charge on any atom is 0.407 e. The van der Waals surface area contributed by atoms with Gasteiger partial charge in [0.1, 0.15) is 17.0 Å². The molecule has 0 unspecified atom stereocenters. The van der Waals surface area contributed by atoms with E-state index in [2.05, 4.69) is 10.6 Å². The molecule has 0 bridgehead atoms. The van der Waals surface area contributed by atoms with Gasteiger partial charge in [0, 0.05) is 30.7 Å². The highest BCUT2D eigenvalue weighted by atomic mass is 19.1. The Bertz CT molecular complexity index is 1020. The van der Waals surface area contributed by atoms with Crippen molar-refractivity contribution in [3.63, 3.8) is 0 Å². The molecule has 3 N–H and O–H groups in total. The second kappa shape index (κ2) is 7.73. The molecule has 1 aliphatic rings. The number of alkyl carbamates (subject to hydrolysis) is 1. The molecule has 0 spiro atoms. The van der Waals surface area contributed by atoms with Crippen molar-refractivity contribution in [2.45, 2.75) is 45.3 Å². The van der Waals surface area contributed by atoms with Crippen LogP contribution >= 0.6 is 0 Å². The fourth-order valence-corrected chi connectivity index (χ4v) is 2.99. The number of aromatic nitrogens is 1. The van der Waals surface area contributed by atoms with Crippen molar-refractivity contribution in [3.8, 4) is 0 Å². The quantitative estimate of drug-likeness (QED) is 0.637. The van der Waals surface area contributed by atoms with Gasteiger partial charge in [0.15, 0.2) is 0 Å². The van der Waals surface area contributed by atoms with Crippen molar-refractivity contribution in [1.29, 1.82) is 0 Å². The number of ether oxygens (including phenoxy) is 1. The Morgan fingerprint density at radius 3 is 2.55 bits per heavy atom. The first-order valence-electron chi connectivity index (χ1n) is 9.39. The van der Waals surface area contributed by atoms with E-state index in [4.69, 9.17) is 4.74 Å². The zero-order valence-electron chi connectivity index (χ0n) is 16.5. The number of rotatable bonds is 6. The highest BCUT2D eigenvalue weighted by Crippen LogP contribution is 2.37. The number of carbonyl (C=O) groups is 2. The number of amides is 1. The largest absolute Gasteiger partial charge is 0.477 e. The van der Waals surface area contributed by atoms with Gasteiger partial charge in [-0.2, -0.15) is 0 Å². The zero-order valence-corrected chi connectivity index (χ0v) is 16.5. The topological polar surface area (TPSA) is 110 Å². The first-order valence-corrected chi connectivity index (χ1v) is 9.39. The summed E-state index contributed by atoms with van der Waals surface area (Å²) in [5.41, 5.74) is -1.04. The van der Waals surface area contributed by atoms with E-state index in [9.17, 15) is 23.9 Å². The van der Waals surface area contributed by atoms with Crippen molar-refractivity contribution in [1.82, 2.24) is 9.88 Å². The number of fused-ring (bicyclic) bond motifs is 1. The number of carbonyl (C=O) groups excluding carboxylic acids is 1. The van der Waals surface area contributed by atoms with Gasteiger partial charge in [0.2, 0.25) is 5.43 Å². The lowest BCUT2D eigenvalue weighted by molar-refractivity contribution is 0.0529. The van der Waals surface area contributed by atoms with Crippen LogP contribution in [-0.4, -0.2) is 40.4 Å². The molecule has 156 valence electrons. The number of nitrogens with one attached hydrogen (secondary N) is 2. The van der Waals surface area contributed by atoms with Crippen molar-refractivity contribution in [2.75, 3.05) is 18.4 Å². The molecular weight excluding hydrogens is 381 g/mol. The Morgan fingerprint density at radius 2 is 1.97 bits per heavy atom. The number of hydrogen-bond donors (Lipinski definition) is 3. The number of carboxylic acid groups (broad SMARTS) is 1. The van der Waals surface area contributed by atoms with E-state index in [1.54, 1.807) is 25.3 Å². The Hall–Kier alpha value is -3.10. The van der Waals surface area contributed by atoms with Crippen LogP contribution in [0.1, 0.15) is 50.0 Å². The van der Waals surface area contributed by atoms with Crippen LogP contribution in [0.15, 0.2) is 23.1 Å². The molecule has 1 aromatic heterocycles. The average Bonchev–Trinajstić information content (AvgIpc) is 3.43. The third-order valence-corrected chi connectivity index (χ3v) is 4.40. The highest BCUT2D eigenvalue weighted by Gasteiger charge is 2.27. The number of hydrogen-bond acceptors (Lipinski definition) is 5. The third-order valence-electron chi connectivity index (χ3n) is 4.40. The van der Waals surface area contributed by atoms with Gasteiger partial charge in [-0.1, -0.05) is 0 Å². The Balaban J connectivity index is 1.80. The maximum absolute atomic E-state index is 14.5. The van der Waals surface area contributed by atoms with E-state index in [0.717, 1.165) is 18.9 Å². The van der Waals surface area contributed by atoms with Gasteiger partial charge in [-0.15, -0.1) is 0 Å². The third kappa shape index (κ3) is 4.85. The van der Waals surface area contributed by atoms with Crippen LogP contribution in [0.5, 0.6) is 0 Å². The number of benzene rings is 1. The Morgan fingerprint density at radius 1 is 1.28 bits per heavy atom. The predicted octanol–water partition coefficient (Wildman–Crippen LogP) is 3.11. The standard InChI is InChI=1S/C20H24FN3O5/c1-20(2,3)29-19(28)23-7-6-22-15-9-16-12(8-14(15)21)17(25)13(18(26)27)10-24(16)11-4-5-11/h8-11,22H,4-7H2,1-3H3,(H,23,28)(H,26,27). The molecule has 1 saturated carbocycles. The van der Waals surface area contributed by atoms with E-state index in [0.29, 0.717) is 5.52 Å². The SMILES string of the molecule is CC(C)(C)OC(=O)NCCNc1cc2c(cc1F)c(=O)c(C(=O)O)cn2C1CC1. The smallest absolute Gasteiger partial charge is 0.407 e.